The molecule has 13 heteroatoms. The van der Waals surface area contributed by atoms with Gasteiger partial charge >= 0.3 is 0 Å². The SMILES string of the molecule is COC[C@@H](C)n1cc(-c2ncc(C(=O)NC3(C(C)=O)C4CC5CC(C4)CC3C5)c(C(C)(F)F)n2)c2ccc(O[C@H]3CC[C@H](N4CC(F)(F)C4)CC3)cc21. The number of Topliss-reactive ketones (excluding diaryl/α,β-unsaturated/α-hetero) is 1. The van der Waals surface area contributed by atoms with Gasteiger partial charge in [0.15, 0.2) is 11.6 Å². The number of ketones is 1. The number of hydrogen-bond acceptors (Lipinski definition) is 7. The summed E-state index contributed by atoms with van der Waals surface area (Å²) in [5.41, 5.74) is -0.801. The van der Waals surface area contributed by atoms with Crippen molar-refractivity contribution in [1.29, 1.82) is 0 Å². The number of fused-ring (bicyclic) bond motifs is 1. The number of nitrogens with one attached hydrogen (secondary N) is 1. The van der Waals surface area contributed by atoms with Crippen molar-refractivity contribution in [2.24, 2.45) is 23.7 Å². The standard InChI is InChI=1S/C40H49F4N5O4/c1-22(19-52-4)49-18-33(31-10-9-30(16-34(31)49)53-29-7-5-28(6-8-29)48-20-39(43,44)21-48)36-45-17-32(35(46-36)38(3,41)42)37(51)47-40(23(2)50)26-12-24-11-25(14-26)15-27(40)13-24/h9-10,16-18,22,24-29H,5-8,11-15,19-21H2,1-4H3,(H,47,51)/t22-,24?,25?,26?,27?,28-,29-,40?/m1/s1. The molecule has 2 aromatic heterocycles. The van der Waals surface area contributed by atoms with Crippen LogP contribution in [-0.4, -0.2) is 81.5 Å². The van der Waals surface area contributed by atoms with Gasteiger partial charge in [-0.05, 0) is 107 Å². The van der Waals surface area contributed by atoms with Gasteiger partial charge < -0.3 is 19.4 Å². The molecule has 3 heterocycles. The van der Waals surface area contributed by atoms with Crippen LogP contribution in [0.5, 0.6) is 5.75 Å². The van der Waals surface area contributed by atoms with Crippen LogP contribution in [0.2, 0.25) is 0 Å². The van der Waals surface area contributed by atoms with Crippen molar-refractivity contribution in [2.45, 2.75) is 114 Å². The molecular weight excluding hydrogens is 690 g/mol. The van der Waals surface area contributed by atoms with Crippen LogP contribution in [0.15, 0.2) is 30.6 Å². The van der Waals surface area contributed by atoms with Crippen molar-refractivity contribution >= 4 is 22.6 Å². The average Bonchev–Trinajstić information content (AvgIpc) is 3.47. The predicted octanol–water partition coefficient (Wildman–Crippen LogP) is 7.57. The van der Waals surface area contributed by atoms with E-state index in [4.69, 9.17) is 9.47 Å². The van der Waals surface area contributed by atoms with E-state index >= 15 is 8.78 Å². The number of alkyl halides is 4. The van der Waals surface area contributed by atoms with Crippen LogP contribution in [0.1, 0.15) is 101 Å². The number of amides is 1. The number of carbonyl (C=O) groups excluding carboxylic acids is 2. The van der Waals surface area contributed by atoms with Crippen molar-refractivity contribution in [3.8, 4) is 17.1 Å². The van der Waals surface area contributed by atoms with Crippen LogP contribution in [0.25, 0.3) is 22.3 Å². The first kappa shape index (κ1) is 36.4. The Balaban J connectivity index is 1.07. The number of likely N-dealkylation sites (tertiary alicyclic amines) is 1. The molecule has 1 aromatic carbocycles. The van der Waals surface area contributed by atoms with Gasteiger partial charge in [0.25, 0.3) is 17.8 Å². The lowest BCUT2D eigenvalue weighted by Gasteiger charge is -2.60. The van der Waals surface area contributed by atoms with Crippen LogP contribution in [0, 0.1) is 23.7 Å². The molecule has 5 saturated carbocycles. The Labute approximate surface area is 307 Å². The fourth-order valence-electron chi connectivity index (χ4n) is 10.8. The van der Waals surface area contributed by atoms with E-state index in [1.54, 1.807) is 7.11 Å². The Morgan fingerprint density at radius 3 is 2.28 bits per heavy atom. The molecule has 9 rings (SSSR count). The average molecular weight is 740 g/mol. The van der Waals surface area contributed by atoms with Gasteiger partial charge in [-0.2, -0.15) is 8.78 Å². The van der Waals surface area contributed by atoms with E-state index < -0.39 is 29.0 Å². The molecule has 0 spiro atoms. The minimum atomic E-state index is -3.48. The fraction of sp³-hybridized carbons (Fsp3) is 0.650. The molecule has 1 saturated heterocycles. The smallest absolute Gasteiger partial charge is 0.287 e. The topological polar surface area (TPSA) is 98.6 Å². The van der Waals surface area contributed by atoms with E-state index in [-0.39, 0.29) is 60.3 Å². The normalized spacial score (nSPS) is 31.3. The zero-order chi connectivity index (χ0) is 37.4. The Kier molecular flexibility index (Phi) is 9.15. The molecule has 5 aliphatic carbocycles. The number of ether oxygens (including phenoxy) is 2. The number of halogens is 4. The lowest BCUT2D eigenvalue weighted by atomic mass is 9.47. The van der Waals surface area contributed by atoms with Crippen LogP contribution >= 0.6 is 0 Å². The monoisotopic (exact) mass is 739 g/mol. The van der Waals surface area contributed by atoms with E-state index in [9.17, 15) is 18.4 Å². The minimum absolute atomic E-state index is 0.00343. The summed E-state index contributed by atoms with van der Waals surface area (Å²) in [5, 5.41) is 3.73. The maximum Gasteiger partial charge on any atom is 0.287 e. The molecule has 6 aliphatic rings. The first-order chi connectivity index (χ1) is 25.1. The van der Waals surface area contributed by atoms with Crippen LogP contribution in [0.3, 0.4) is 0 Å². The zero-order valence-electron chi connectivity index (χ0n) is 30.8. The van der Waals surface area contributed by atoms with E-state index in [0.717, 1.165) is 69.2 Å². The number of methoxy groups -OCH3 is 1. The van der Waals surface area contributed by atoms with Gasteiger partial charge in [-0.25, -0.2) is 18.7 Å². The van der Waals surface area contributed by atoms with Crippen molar-refractivity contribution < 1.29 is 36.6 Å². The molecule has 1 amide bonds. The van der Waals surface area contributed by atoms with Gasteiger partial charge in [-0.15, -0.1) is 0 Å². The third kappa shape index (κ3) is 6.53. The van der Waals surface area contributed by atoms with Gasteiger partial charge in [0.05, 0.1) is 42.9 Å². The highest BCUT2D eigenvalue weighted by Crippen LogP contribution is 2.58. The second kappa shape index (κ2) is 13.3. The first-order valence-corrected chi connectivity index (χ1v) is 19.2. The van der Waals surface area contributed by atoms with Crippen LogP contribution in [0.4, 0.5) is 17.6 Å². The largest absolute Gasteiger partial charge is 0.490 e. The highest BCUT2D eigenvalue weighted by atomic mass is 19.3. The number of nitrogens with zero attached hydrogens (tertiary/aromatic N) is 4. The predicted molar refractivity (Wildman–Crippen MR) is 190 cm³/mol. The summed E-state index contributed by atoms with van der Waals surface area (Å²) in [4.78, 5) is 38.1. The molecule has 4 bridgehead atoms. The summed E-state index contributed by atoms with van der Waals surface area (Å²) >= 11 is 0. The van der Waals surface area contributed by atoms with Gasteiger partial charge in [0.2, 0.25) is 0 Å². The van der Waals surface area contributed by atoms with E-state index in [1.807, 2.05) is 40.8 Å². The highest BCUT2D eigenvalue weighted by Gasteiger charge is 2.60. The maximum absolute atomic E-state index is 15.4. The lowest BCUT2D eigenvalue weighted by molar-refractivity contribution is -0.151. The summed E-state index contributed by atoms with van der Waals surface area (Å²) in [6, 6.07) is 5.62. The molecule has 286 valence electrons. The molecular formula is C40H49F4N5O4. The lowest BCUT2D eigenvalue weighted by Crippen LogP contribution is -2.69. The number of rotatable bonds is 11. The van der Waals surface area contributed by atoms with Crippen LogP contribution < -0.4 is 10.1 Å². The molecule has 1 aliphatic heterocycles. The van der Waals surface area contributed by atoms with Crippen molar-refractivity contribution in [3.63, 3.8) is 0 Å². The molecule has 0 unspecified atom stereocenters. The van der Waals surface area contributed by atoms with E-state index in [0.29, 0.717) is 29.8 Å². The van der Waals surface area contributed by atoms with Gasteiger partial charge in [0, 0.05) is 49.5 Å². The number of aromatic nitrogens is 3. The summed E-state index contributed by atoms with van der Waals surface area (Å²) in [6.45, 7) is 4.26. The second-order valence-corrected chi connectivity index (χ2v) is 16.8. The van der Waals surface area contributed by atoms with Crippen molar-refractivity contribution in [2.75, 3.05) is 26.8 Å². The molecule has 53 heavy (non-hydrogen) atoms. The molecule has 1 atom stereocenters. The third-order valence-electron chi connectivity index (χ3n) is 13.0. The summed E-state index contributed by atoms with van der Waals surface area (Å²) in [6.07, 6.45) is 10.7. The Morgan fingerprint density at radius 1 is 1.04 bits per heavy atom. The van der Waals surface area contributed by atoms with Crippen molar-refractivity contribution in [3.05, 3.63) is 41.9 Å². The van der Waals surface area contributed by atoms with Gasteiger partial charge in [0.1, 0.15) is 17.0 Å². The number of hydrogen-bond donors (Lipinski definition) is 1. The summed E-state index contributed by atoms with van der Waals surface area (Å²) in [7, 11) is 1.61. The first-order valence-electron chi connectivity index (χ1n) is 19.2. The maximum atomic E-state index is 15.4. The minimum Gasteiger partial charge on any atom is -0.490 e. The van der Waals surface area contributed by atoms with Gasteiger partial charge in [-0.3, -0.25) is 14.5 Å². The van der Waals surface area contributed by atoms with E-state index in [2.05, 4.69) is 15.3 Å². The number of carbonyl (C=O) groups is 2. The molecule has 1 N–H and O–H groups in total. The fourth-order valence-corrected chi connectivity index (χ4v) is 10.8. The Morgan fingerprint density at radius 2 is 1.70 bits per heavy atom. The van der Waals surface area contributed by atoms with E-state index in [1.165, 1.54) is 19.5 Å². The Hall–Kier alpha value is -3.58. The van der Waals surface area contributed by atoms with Crippen molar-refractivity contribution in [1.82, 2.24) is 24.8 Å². The third-order valence-corrected chi connectivity index (χ3v) is 13.0. The highest BCUT2D eigenvalue weighted by molar-refractivity contribution is 6.01. The molecule has 9 nitrogen and oxygen atoms in total. The second-order valence-electron chi connectivity index (χ2n) is 16.8. The summed E-state index contributed by atoms with van der Waals surface area (Å²) in [5.74, 6) is -5.14. The molecule has 0 radical (unpaired) electrons. The Bertz CT molecular complexity index is 1870. The summed E-state index contributed by atoms with van der Waals surface area (Å²) < 4.78 is 71.6. The quantitative estimate of drug-likeness (QED) is 0.203. The number of benzene rings is 1. The van der Waals surface area contributed by atoms with Gasteiger partial charge in [-0.1, -0.05) is 0 Å². The molecule has 6 fully saturated rings. The molecule has 3 aromatic rings. The van der Waals surface area contributed by atoms with Crippen LogP contribution in [-0.2, 0) is 15.5 Å². The zero-order valence-corrected chi connectivity index (χ0v) is 30.8.